The van der Waals surface area contributed by atoms with Crippen LogP contribution in [0.3, 0.4) is 0 Å². The molecule has 1 aromatic rings. The Hall–Kier alpha value is -0.700. The highest BCUT2D eigenvalue weighted by Gasteiger charge is 2.29. The number of rotatable bonds is 2. The third kappa shape index (κ3) is 2.66. The number of sulfonamides is 1. The van der Waals surface area contributed by atoms with Crippen molar-refractivity contribution in [2.45, 2.75) is 4.21 Å². The fourth-order valence-corrected chi connectivity index (χ4v) is 4.58. The van der Waals surface area contributed by atoms with Crippen molar-refractivity contribution in [3.05, 3.63) is 17.5 Å². The average molecular weight is 305 g/mol. The van der Waals surface area contributed by atoms with E-state index in [-0.39, 0.29) is 0 Å². The van der Waals surface area contributed by atoms with Crippen LogP contribution in [0, 0.1) is 0 Å². The standard InChI is InChI=1S/C10H15N3O2S3/c1-11-10(16)12-4-6-13(7-5-12)18(14,15)9-3-2-8-17-9/h2-3,8H,4-7H2,1H3,(H,11,16). The molecule has 0 spiro atoms. The first kappa shape index (κ1) is 13.7. The second-order valence-electron chi connectivity index (χ2n) is 3.88. The van der Waals surface area contributed by atoms with E-state index in [0.717, 1.165) is 0 Å². The Kier molecular flexibility index (Phi) is 4.21. The third-order valence-corrected chi connectivity index (χ3v) is 6.56. The zero-order chi connectivity index (χ0) is 13.2. The number of nitrogens with one attached hydrogen (secondary N) is 1. The van der Waals surface area contributed by atoms with Crippen molar-refractivity contribution in [1.82, 2.24) is 14.5 Å². The van der Waals surface area contributed by atoms with Crippen LogP contribution in [-0.4, -0.2) is 56.0 Å². The maximum Gasteiger partial charge on any atom is 0.252 e. The van der Waals surface area contributed by atoms with Gasteiger partial charge in [0.1, 0.15) is 4.21 Å². The summed E-state index contributed by atoms with van der Waals surface area (Å²) in [4.78, 5) is 1.98. The van der Waals surface area contributed by atoms with Crippen LogP contribution in [0.1, 0.15) is 0 Å². The van der Waals surface area contributed by atoms with Gasteiger partial charge in [0.25, 0.3) is 10.0 Å². The molecule has 0 bridgehead atoms. The molecule has 1 aliphatic heterocycles. The second kappa shape index (κ2) is 5.52. The van der Waals surface area contributed by atoms with Crippen LogP contribution < -0.4 is 5.32 Å². The summed E-state index contributed by atoms with van der Waals surface area (Å²) in [6.45, 7) is 2.21. The molecule has 0 radical (unpaired) electrons. The molecule has 100 valence electrons. The minimum atomic E-state index is -3.31. The van der Waals surface area contributed by atoms with E-state index in [1.807, 2.05) is 4.90 Å². The lowest BCUT2D eigenvalue weighted by atomic mass is 10.4. The maximum atomic E-state index is 12.3. The smallest absolute Gasteiger partial charge is 0.252 e. The van der Waals surface area contributed by atoms with Crippen LogP contribution in [0.15, 0.2) is 21.7 Å². The summed E-state index contributed by atoms with van der Waals surface area (Å²) in [5, 5.41) is 5.35. The van der Waals surface area contributed by atoms with Crippen molar-refractivity contribution in [1.29, 1.82) is 0 Å². The van der Waals surface area contributed by atoms with Gasteiger partial charge in [-0.25, -0.2) is 8.42 Å². The molecule has 8 heteroatoms. The number of thiocarbonyl (C=S) groups is 1. The molecule has 0 unspecified atom stereocenters. The summed E-state index contributed by atoms with van der Waals surface area (Å²) in [5.41, 5.74) is 0. The van der Waals surface area contributed by atoms with Gasteiger partial charge in [0, 0.05) is 33.2 Å². The SMILES string of the molecule is CNC(=S)N1CCN(S(=O)(=O)c2cccs2)CC1. The fourth-order valence-electron chi connectivity index (χ4n) is 1.83. The van der Waals surface area contributed by atoms with Gasteiger partial charge in [-0.1, -0.05) is 6.07 Å². The second-order valence-corrected chi connectivity index (χ2v) is 7.38. The molecular weight excluding hydrogens is 290 g/mol. The highest BCUT2D eigenvalue weighted by atomic mass is 32.2. The van der Waals surface area contributed by atoms with Gasteiger partial charge in [-0.2, -0.15) is 4.31 Å². The van der Waals surface area contributed by atoms with Crippen molar-refractivity contribution in [2.24, 2.45) is 0 Å². The normalized spacial score (nSPS) is 17.7. The van der Waals surface area contributed by atoms with E-state index in [4.69, 9.17) is 12.2 Å². The Morgan fingerprint density at radius 1 is 1.39 bits per heavy atom. The molecule has 0 saturated carbocycles. The molecule has 5 nitrogen and oxygen atoms in total. The predicted molar refractivity (Wildman–Crippen MR) is 76.3 cm³/mol. The minimum Gasteiger partial charge on any atom is -0.366 e. The van der Waals surface area contributed by atoms with Gasteiger partial charge in [-0.05, 0) is 23.7 Å². The highest BCUT2D eigenvalue weighted by Crippen LogP contribution is 2.21. The molecule has 1 aromatic heterocycles. The molecule has 0 aromatic carbocycles. The van der Waals surface area contributed by atoms with E-state index < -0.39 is 10.0 Å². The van der Waals surface area contributed by atoms with Crippen molar-refractivity contribution >= 4 is 38.7 Å². The largest absolute Gasteiger partial charge is 0.366 e. The predicted octanol–water partition coefficient (Wildman–Crippen LogP) is 0.559. The van der Waals surface area contributed by atoms with E-state index in [9.17, 15) is 8.42 Å². The van der Waals surface area contributed by atoms with Gasteiger partial charge in [0.15, 0.2) is 5.11 Å². The molecule has 2 rings (SSSR count). The lowest BCUT2D eigenvalue weighted by Gasteiger charge is -2.34. The molecule has 18 heavy (non-hydrogen) atoms. The number of hydrogen-bond acceptors (Lipinski definition) is 4. The summed E-state index contributed by atoms with van der Waals surface area (Å²) < 4.78 is 26.5. The maximum absolute atomic E-state index is 12.3. The molecule has 1 aliphatic rings. The Labute approximate surface area is 116 Å². The first-order chi connectivity index (χ1) is 8.55. The molecule has 1 saturated heterocycles. The van der Waals surface area contributed by atoms with E-state index in [1.54, 1.807) is 24.6 Å². The van der Waals surface area contributed by atoms with E-state index in [0.29, 0.717) is 35.5 Å². The summed E-state index contributed by atoms with van der Waals surface area (Å²) in [7, 11) is -1.54. The van der Waals surface area contributed by atoms with Gasteiger partial charge in [-0.15, -0.1) is 11.3 Å². The van der Waals surface area contributed by atoms with Crippen LogP contribution >= 0.6 is 23.6 Å². The van der Waals surface area contributed by atoms with Crippen LogP contribution in [0.25, 0.3) is 0 Å². The lowest BCUT2D eigenvalue weighted by molar-refractivity contribution is 0.265. The van der Waals surface area contributed by atoms with Crippen LogP contribution in [0.2, 0.25) is 0 Å². The van der Waals surface area contributed by atoms with Crippen LogP contribution in [0.4, 0.5) is 0 Å². The molecule has 1 fully saturated rings. The third-order valence-electron chi connectivity index (χ3n) is 2.83. The van der Waals surface area contributed by atoms with Gasteiger partial charge >= 0.3 is 0 Å². The zero-order valence-corrected chi connectivity index (χ0v) is 12.4. The van der Waals surface area contributed by atoms with Gasteiger partial charge < -0.3 is 10.2 Å². The number of nitrogens with zero attached hydrogens (tertiary/aromatic N) is 2. The summed E-state index contributed by atoms with van der Waals surface area (Å²) in [6, 6.07) is 3.40. The van der Waals surface area contributed by atoms with Crippen LogP contribution in [-0.2, 0) is 10.0 Å². The number of piperazine rings is 1. The molecule has 2 heterocycles. The Morgan fingerprint density at radius 2 is 2.06 bits per heavy atom. The average Bonchev–Trinajstić information content (AvgIpc) is 2.92. The zero-order valence-electron chi connectivity index (χ0n) is 10.00. The Bertz CT molecular complexity index is 504. The van der Waals surface area contributed by atoms with Crippen molar-refractivity contribution in [3.63, 3.8) is 0 Å². The van der Waals surface area contributed by atoms with Gasteiger partial charge in [0.05, 0.1) is 0 Å². The van der Waals surface area contributed by atoms with Gasteiger partial charge in [-0.3, -0.25) is 0 Å². The highest BCUT2D eigenvalue weighted by molar-refractivity contribution is 7.91. The lowest BCUT2D eigenvalue weighted by Crippen LogP contribution is -2.52. The van der Waals surface area contributed by atoms with Crippen molar-refractivity contribution < 1.29 is 8.42 Å². The Balaban J connectivity index is 2.04. The minimum absolute atomic E-state index is 0.409. The van der Waals surface area contributed by atoms with E-state index >= 15 is 0 Å². The van der Waals surface area contributed by atoms with Gasteiger partial charge in [0.2, 0.25) is 0 Å². The molecule has 1 N–H and O–H groups in total. The molecule has 0 amide bonds. The topological polar surface area (TPSA) is 52.6 Å². The van der Waals surface area contributed by atoms with Crippen molar-refractivity contribution in [3.8, 4) is 0 Å². The summed E-state index contributed by atoms with van der Waals surface area (Å²) in [6.07, 6.45) is 0. The van der Waals surface area contributed by atoms with E-state index in [1.165, 1.54) is 15.6 Å². The fraction of sp³-hybridized carbons (Fsp3) is 0.500. The van der Waals surface area contributed by atoms with E-state index in [2.05, 4.69) is 5.32 Å². The molecule has 0 aliphatic carbocycles. The first-order valence-corrected chi connectivity index (χ1v) is 8.29. The van der Waals surface area contributed by atoms with Crippen LogP contribution in [0.5, 0.6) is 0 Å². The Morgan fingerprint density at radius 3 is 2.56 bits per heavy atom. The van der Waals surface area contributed by atoms with Crippen molar-refractivity contribution in [2.75, 3.05) is 33.2 Å². The molecule has 0 atom stereocenters. The summed E-state index contributed by atoms with van der Waals surface area (Å²) >= 11 is 6.39. The quantitative estimate of drug-likeness (QED) is 0.809. The number of thiophene rings is 1. The monoisotopic (exact) mass is 305 g/mol. The number of hydrogen-bond donors (Lipinski definition) is 1. The molecular formula is C10H15N3O2S3. The first-order valence-electron chi connectivity index (χ1n) is 5.56. The summed E-state index contributed by atoms with van der Waals surface area (Å²) in [5.74, 6) is 0.